The van der Waals surface area contributed by atoms with Crippen LogP contribution in [-0.4, -0.2) is 105 Å². The van der Waals surface area contributed by atoms with Gasteiger partial charge in [-0.15, -0.1) is 15.6 Å². The van der Waals surface area contributed by atoms with Gasteiger partial charge in [0, 0.05) is 36.4 Å². The maximum Gasteiger partial charge on any atom is 0.418 e. The molecule has 0 spiro atoms. The second-order valence-corrected chi connectivity index (χ2v) is 12.2. The van der Waals surface area contributed by atoms with E-state index < -0.39 is 58.2 Å². The standard InChI is InChI=1S/C26H30N10O10S2/c1-26(2)19(22(38)36(26)46-48(41,42)43)34-21(37)18(16-13-47-24(28)33-16)35-45-17(23(39)40)12-44-15-6-4-14(5-7-15)20(27)29-10-11-32-25-30-8-3-9-31-25/h3-9,13,17,19H,10-12H2,1-2H3,(H2,27,29)(H2,28,33)(H,34,37)(H,39,40)(H,30,31,32)(H,41,42,43)/t17-,19-/m1/s1. The molecule has 4 rings (SSSR count). The highest BCUT2D eigenvalue weighted by atomic mass is 32.3. The van der Waals surface area contributed by atoms with E-state index >= 15 is 0 Å². The minimum Gasteiger partial charge on any atom is -0.489 e. The number of benzene rings is 1. The minimum atomic E-state index is -5.03. The number of hydrogen-bond acceptors (Lipinski definition) is 16. The number of amidine groups is 1. The lowest BCUT2D eigenvalue weighted by Crippen LogP contribution is -2.76. The number of carbonyl (C=O) groups is 3. The summed E-state index contributed by atoms with van der Waals surface area (Å²) in [5, 5.41) is 31.7. The van der Waals surface area contributed by atoms with Crippen LogP contribution in [0.25, 0.3) is 0 Å². The lowest BCUT2D eigenvalue weighted by Gasteiger charge is -2.50. The number of aliphatic carboxylic acids is 1. The van der Waals surface area contributed by atoms with Crippen molar-refractivity contribution in [1.29, 1.82) is 5.41 Å². The number of ether oxygens (including phenoxy) is 1. The number of thiazole rings is 1. The second-order valence-electron chi connectivity index (χ2n) is 10.3. The van der Waals surface area contributed by atoms with Crippen molar-refractivity contribution in [1.82, 2.24) is 30.6 Å². The van der Waals surface area contributed by atoms with Crippen LogP contribution in [-0.2, 0) is 33.9 Å². The maximum absolute atomic E-state index is 13.2. The molecule has 1 saturated heterocycles. The van der Waals surface area contributed by atoms with E-state index in [4.69, 9.17) is 25.3 Å². The van der Waals surface area contributed by atoms with Crippen LogP contribution in [0.5, 0.6) is 5.75 Å². The Morgan fingerprint density at radius 2 is 1.90 bits per heavy atom. The number of hydrogen-bond donors (Lipinski definition) is 7. The Morgan fingerprint density at radius 3 is 2.48 bits per heavy atom. The van der Waals surface area contributed by atoms with Crippen molar-refractivity contribution in [2.75, 3.05) is 30.7 Å². The number of nitrogen functional groups attached to an aromatic ring is 1. The van der Waals surface area contributed by atoms with E-state index in [9.17, 15) is 27.9 Å². The largest absolute Gasteiger partial charge is 0.489 e. The highest BCUT2D eigenvalue weighted by Gasteiger charge is 2.58. The molecule has 0 saturated carbocycles. The molecule has 0 aliphatic carbocycles. The summed E-state index contributed by atoms with van der Waals surface area (Å²) in [6.07, 6.45) is 1.49. The first-order valence-corrected chi connectivity index (χ1v) is 16.0. The number of hydroxylamine groups is 2. The van der Waals surface area contributed by atoms with E-state index in [0.717, 1.165) is 11.3 Å². The number of carboxylic acid groups (broad SMARTS) is 1. The fourth-order valence-electron chi connectivity index (χ4n) is 4.03. The van der Waals surface area contributed by atoms with Crippen LogP contribution in [0.3, 0.4) is 0 Å². The van der Waals surface area contributed by atoms with Gasteiger partial charge in [0.15, 0.2) is 10.8 Å². The zero-order valence-corrected chi connectivity index (χ0v) is 26.8. The minimum absolute atomic E-state index is 0.0431. The predicted molar refractivity (Wildman–Crippen MR) is 168 cm³/mol. The summed E-state index contributed by atoms with van der Waals surface area (Å²) in [6.45, 7) is 3.03. The van der Waals surface area contributed by atoms with Crippen molar-refractivity contribution in [2.45, 2.75) is 31.5 Å². The number of nitrogens with two attached hydrogens (primary N) is 1. The lowest BCUT2D eigenvalue weighted by atomic mass is 9.84. The number of carbonyl (C=O) groups excluding carboxylic acids is 2. The first kappa shape index (κ1) is 35.4. The Bertz CT molecular complexity index is 1790. The van der Waals surface area contributed by atoms with Crippen LogP contribution in [0.4, 0.5) is 11.1 Å². The topological polar surface area (TPSA) is 294 Å². The zero-order valence-electron chi connectivity index (χ0n) is 25.2. The fourth-order valence-corrected chi connectivity index (χ4v) is 5.03. The summed E-state index contributed by atoms with van der Waals surface area (Å²) in [4.78, 5) is 54.8. The number of amides is 2. The molecule has 1 fully saturated rings. The molecule has 1 aliphatic heterocycles. The van der Waals surface area contributed by atoms with E-state index in [1.54, 1.807) is 30.6 Å². The molecule has 22 heteroatoms. The average Bonchev–Trinajstić information content (AvgIpc) is 3.47. The molecule has 0 bridgehead atoms. The number of β-lactam (4-membered cyclic amide) rings is 1. The van der Waals surface area contributed by atoms with Crippen molar-refractivity contribution in [3.05, 3.63) is 59.4 Å². The van der Waals surface area contributed by atoms with Crippen LogP contribution >= 0.6 is 11.3 Å². The number of carboxylic acids is 1. The van der Waals surface area contributed by atoms with Crippen molar-refractivity contribution >= 4 is 62.1 Å². The molecule has 2 aromatic heterocycles. The average molecular weight is 707 g/mol. The Kier molecular flexibility index (Phi) is 11.0. The highest BCUT2D eigenvalue weighted by molar-refractivity contribution is 7.80. The summed E-state index contributed by atoms with van der Waals surface area (Å²) in [6, 6.07) is 6.58. The van der Waals surface area contributed by atoms with Gasteiger partial charge in [0.1, 0.15) is 29.9 Å². The van der Waals surface area contributed by atoms with E-state index in [1.165, 1.54) is 31.4 Å². The molecule has 8 N–H and O–H groups in total. The summed E-state index contributed by atoms with van der Waals surface area (Å²) < 4.78 is 40.9. The third kappa shape index (κ3) is 9.09. The van der Waals surface area contributed by atoms with Gasteiger partial charge in [-0.1, -0.05) is 5.16 Å². The molecule has 48 heavy (non-hydrogen) atoms. The normalized spacial score (nSPS) is 16.3. The lowest BCUT2D eigenvalue weighted by molar-refractivity contribution is -0.218. The summed E-state index contributed by atoms with van der Waals surface area (Å²) in [7, 11) is -5.03. The molecule has 3 aromatic rings. The number of nitrogens with one attached hydrogen (secondary N) is 4. The SMILES string of the molecule is CC1(C)[C@H](NC(=O)C(=NO[C@H](COc2ccc(C(=N)NCCNc3ncccn3)cc2)C(=O)O)c2csc(N)n2)C(=O)N1OS(=O)(=O)O. The van der Waals surface area contributed by atoms with Crippen LogP contribution in [0.2, 0.25) is 0 Å². The molecule has 1 aromatic carbocycles. The Labute approximate surface area is 276 Å². The molecule has 0 unspecified atom stereocenters. The van der Waals surface area contributed by atoms with E-state index in [0.29, 0.717) is 29.7 Å². The zero-order chi connectivity index (χ0) is 35.1. The molecular formula is C26H30N10O10S2. The van der Waals surface area contributed by atoms with Gasteiger partial charge in [0.25, 0.3) is 17.9 Å². The van der Waals surface area contributed by atoms with E-state index in [-0.39, 0.29) is 22.4 Å². The van der Waals surface area contributed by atoms with Gasteiger partial charge in [0.05, 0.1) is 5.54 Å². The molecule has 2 amide bonds. The first-order chi connectivity index (χ1) is 22.7. The highest BCUT2D eigenvalue weighted by Crippen LogP contribution is 2.33. The molecule has 1 aliphatic rings. The maximum atomic E-state index is 13.2. The van der Waals surface area contributed by atoms with Crippen molar-refractivity contribution in [2.24, 2.45) is 5.16 Å². The molecule has 0 radical (unpaired) electrons. The Morgan fingerprint density at radius 1 is 1.21 bits per heavy atom. The quantitative estimate of drug-likeness (QED) is 0.0250. The summed E-state index contributed by atoms with van der Waals surface area (Å²) in [5.41, 5.74) is 4.12. The predicted octanol–water partition coefficient (Wildman–Crippen LogP) is -0.365. The van der Waals surface area contributed by atoms with Gasteiger partial charge >= 0.3 is 16.4 Å². The third-order valence-electron chi connectivity index (χ3n) is 6.47. The van der Waals surface area contributed by atoms with Gasteiger partial charge < -0.3 is 36.4 Å². The molecule has 256 valence electrons. The van der Waals surface area contributed by atoms with E-state index in [2.05, 4.69) is 40.3 Å². The van der Waals surface area contributed by atoms with Crippen molar-refractivity contribution in [3.63, 3.8) is 0 Å². The van der Waals surface area contributed by atoms with Crippen LogP contribution in [0.1, 0.15) is 25.1 Å². The van der Waals surface area contributed by atoms with Crippen molar-refractivity contribution in [3.8, 4) is 5.75 Å². The summed E-state index contributed by atoms with van der Waals surface area (Å²) >= 11 is 0.943. The van der Waals surface area contributed by atoms with Gasteiger partial charge in [-0.3, -0.25) is 19.6 Å². The number of rotatable bonds is 16. The van der Waals surface area contributed by atoms with Crippen molar-refractivity contribution < 1.29 is 46.3 Å². The number of oxime groups is 1. The first-order valence-electron chi connectivity index (χ1n) is 13.7. The Hall–Kier alpha value is -5.45. The van der Waals surface area contributed by atoms with Gasteiger partial charge in [0.2, 0.25) is 5.95 Å². The third-order valence-corrected chi connectivity index (χ3v) is 7.48. The fraction of sp³-hybridized carbons (Fsp3) is 0.308. The second kappa shape index (κ2) is 15.0. The smallest absolute Gasteiger partial charge is 0.418 e. The van der Waals surface area contributed by atoms with Crippen LogP contribution in [0, 0.1) is 5.41 Å². The Balaban J connectivity index is 1.36. The number of aromatic nitrogens is 3. The van der Waals surface area contributed by atoms with Gasteiger partial charge in [-0.25, -0.2) is 19.7 Å². The van der Waals surface area contributed by atoms with Crippen LogP contribution in [0.15, 0.2) is 53.3 Å². The molecule has 20 nitrogen and oxygen atoms in total. The molecular weight excluding hydrogens is 676 g/mol. The van der Waals surface area contributed by atoms with Gasteiger partial charge in [-0.05, 0) is 44.2 Å². The number of anilines is 2. The van der Waals surface area contributed by atoms with E-state index in [1.807, 2.05) is 0 Å². The molecule has 2 atom stereocenters. The number of nitrogens with zero attached hydrogens (tertiary/aromatic N) is 5. The monoisotopic (exact) mass is 706 g/mol. The van der Waals surface area contributed by atoms with Gasteiger partial charge in [-0.2, -0.15) is 13.5 Å². The van der Waals surface area contributed by atoms with Crippen LogP contribution < -0.4 is 26.4 Å². The summed E-state index contributed by atoms with van der Waals surface area (Å²) in [5.74, 6) is -2.68. The molecule has 3 heterocycles.